The van der Waals surface area contributed by atoms with E-state index in [1.807, 2.05) is 0 Å². The zero-order valence-corrected chi connectivity index (χ0v) is 13.2. The molecular formula is C15H16N2O4S. The van der Waals surface area contributed by atoms with E-state index in [1.165, 1.54) is 11.3 Å². The number of amides is 1. The van der Waals surface area contributed by atoms with E-state index in [4.69, 9.17) is 9.84 Å². The number of aromatic nitrogens is 1. The number of anilines is 1. The van der Waals surface area contributed by atoms with E-state index in [1.54, 1.807) is 51.2 Å². The fourth-order valence-corrected chi connectivity index (χ4v) is 2.46. The molecule has 2 N–H and O–H groups in total. The summed E-state index contributed by atoms with van der Waals surface area (Å²) in [6.45, 7) is 5.33. The number of nitrogens with zero attached hydrogens (tertiary/aromatic N) is 1. The number of pyridine rings is 1. The normalized spacial score (nSPS) is 11.0. The van der Waals surface area contributed by atoms with E-state index < -0.39 is 17.7 Å². The number of hydrogen-bond donors (Lipinski definition) is 2. The zero-order chi connectivity index (χ0) is 16.3. The Morgan fingerprint density at radius 1 is 1.23 bits per heavy atom. The first-order valence-electron chi connectivity index (χ1n) is 6.54. The van der Waals surface area contributed by atoms with Crippen molar-refractivity contribution in [2.75, 3.05) is 5.32 Å². The summed E-state index contributed by atoms with van der Waals surface area (Å²) in [5, 5.41) is 11.5. The average molecular weight is 320 g/mol. The Hall–Kier alpha value is -2.41. The second-order valence-electron chi connectivity index (χ2n) is 5.53. The molecule has 2 aromatic heterocycles. The van der Waals surface area contributed by atoms with Gasteiger partial charge in [-0.2, -0.15) is 0 Å². The molecule has 7 heteroatoms. The first-order chi connectivity index (χ1) is 10.2. The summed E-state index contributed by atoms with van der Waals surface area (Å²) in [6, 6.07) is 6.68. The Morgan fingerprint density at radius 3 is 2.45 bits per heavy atom. The van der Waals surface area contributed by atoms with Crippen molar-refractivity contribution in [1.82, 2.24) is 4.98 Å². The molecule has 0 aliphatic carbocycles. The predicted molar refractivity (Wildman–Crippen MR) is 84.4 cm³/mol. The lowest BCUT2D eigenvalue weighted by atomic mass is 10.2. The van der Waals surface area contributed by atoms with Crippen LogP contribution in [0.1, 0.15) is 30.4 Å². The summed E-state index contributed by atoms with van der Waals surface area (Å²) in [5.41, 5.74) is 0.209. The molecule has 2 aromatic rings. The molecule has 1 amide bonds. The SMILES string of the molecule is CC(C)(C)OC(=O)Nc1ccc(-c2ccc(C(=O)O)s2)cn1. The number of nitrogens with one attached hydrogen (secondary N) is 1. The van der Waals surface area contributed by atoms with Crippen LogP contribution in [-0.4, -0.2) is 27.8 Å². The van der Waals surface area contributed by atoms with E-state index in [-0.39, 0.29) is 4.88 Å². The van der Waals surface area contributed by atoms with Crippen molar-refractivity contribution in [1.29, 1.82) is 0 Å². The van der Waals surface area contributed by atoms with Crippen molar-refractivity contribution in [2.45, 2.75) is 26.4 Å². The first-order valence-corrected chi connectivity index (χ1v) is 7.36. The zero-order valence-electron chi connectivity index (χ0n) is 12.4. The minimum Gasteiger partial charge on any atom is -0.477 e. The summed E-state index contributed by atoms with van der Waals surface area (Å²) in [7, 11) is 0. The molecule has 22 heavy (non-hydrogen) atoms. The van der Waals surface area contributed by atoms with Crippen LogP contribution in [0, 0.1) is 0 Å². The lowest BCUT2D eigenvalue weighted by Crippen LogP contribution is -2.27. The Balaban J connectivity index is 2.06. The molecule has 0 unspecified atom stereocenters. The number of ether oxygens (including phenoxy) is 1. The summed E-state index contributed by atoms with van der Waals surface area (Å²) in [6.07, 6.45) is 1.00. The third-order valence-corrected chi connectivity index (χ3v) is 3.62. The maximum Gasteiger partial charge on any atom is 0.413 e. The monoisotopic (exact) mass is 320 g/mol. The van der Waals surface area contributed by atoms with Crippen molar-refractivity contribution in [2.24, 2.45) is 0 Å². The van der Waals surface area contributed by atoms with E-state index in [9.17, 15) is 9.59 Å². The van der Waals surface area contributed by atoms with Gasteiger partial charge < -0.3 is 9.84 Å². The smallest absolute Gasteiger partial charge is 0.413 e. The lowest BCUT2D eigenvalue weighted by molar-refractivity contribution is 0.0633. The molecule has 2 heterocycles. The molecule has 6 nitrogen and oxygen atoms in total. The van der Waals surface area contributed by atoms with Gasteiger partial charge in [-0.15, -0.1) is 11.3 Å². The number of carbonyl (C=O) groups excluding carboxylic acids is 1. The average Bonchev–Trinajstić information content (AvgIpc) is 2.87. The lowest BCUT2D eigenvalue weighted by Gasteiger charge is -2.19. The van der Waals surface area contributed by atoms with Crippen LogP contribution in [0.5, 0.6) is 0 Å². The summed E-state index contributed by atoms with van der Waals surface area (Å²) < 4.78 is 5.13. The van der Waals surface area contributed by atoms with Crippen LogP contribution in [0.2, 0.25) is 0 Å². The van der Waals surface area contributed by atoms with Gasteiger partial charge in [-0.25, -0.2) is 14.6 Å². The highest BCUT2D eigenvalue weighted by Crippen LogP contribution is 2.28. The van der Waals surface area contributed by atoms with Gasteiger partial charge >= 0.3 is 12.1 Å². The number of aromatic carboxylic acids is 1. The highest BCUT2D eigenvalue weighted by atomic mass is 32.1. The van der Waals surface area contributed by atoms with E-state index in [2.05, 4.69) is 10.3 Å². The minimum atomic E-state index is -0.951. The molecule has 0 radical (unpaired) electrons. The Labute approximate surface area is 131 Å². The van der Waals surface area contributed by atoms with Crippen LogP contribution in [0.25, 0.3) is 10.4 Å². The quantitative estimate of drug-likeness (QED) is 0.896. The van der Waals surface area contributed by atoms with Gasteiger partial charge in [0.1, 0.15) is 16.3 Å². The van der Waals surface area contributed by atoms with Crippen LogP contribution in [0.15, 0.2) is 30.5 Å². The molecule has 0 spiro atoms. The summed E-state index contributed by atoms with van der Waals surface area (Å²) >= 11 is 1.17. The predicted octanol–water partition coefficient (Wildman–Crippen LogP) is 3.86. The van der Waals surface area contributed by atoms with E-state index in [0.29, 0.717) is 5.82 Å². The molecule has 0 bridgehead atoms. The number of carboxylic acids is 1. The fourth-order valence-electron chi connectivity index (χ4n) is 1.63. The first kappa shape index (κ1) is 16.0. The highest BCUT2D eigenvalue weighted by Gasteiger charge is 2.16. The second-order valence-corrected chi connectivity index (χ2v) is 6.61. The molecule has 0 aromatic carbocycles. The van der Waals surface area contributed by atoms with Crippen molar-refractivity contribution < 1.29 is 19.4 Å². The molecule has 2 rings (SSSR count). The van der Waals surface area contributed by atoms with Crippen molar-refractivity contribution in [3.05, 3.63) is 35.3 Å². The third-order valence-electron chi connectivity index (χ3n) is 2.49. The van der Waals surface area contributed by atoms with Gasteiger partial charge in [0, 0.05) is 16.6 Å². The standard InChI is InChI=1S/C15H16N2O4S/c1-15(2,3)21-14(20)17-12-7-4-9(8-16-12)10-5-6-11(22-10)13(18)19/h4-8H,1-3H3,(H,18,19)(H,16,17,20). The molecule has 0 fully saturated rings. The Bertz CT molecular complexity index is 686. The van der Waals surface area contributed by atoms with Crippen LogP contribution >= 0.6 is 11.3 Å². The molecule has 116 valence electrons. The van der Waals surface area contributed by atoms with E-state index >= 15 is 0 Å². The number of hydrogen-bond acceptors (Lipinski definition) is 5. The number of rotatable bonds is 3. The molecule has 0 aliphatic heterocycles. The van der Waals surface area contributed by atoms with Crippen molar-refractivity contribution in [3.8, 4) is 10.4 Å². The molecule has 0 saturated heterocycles. The Morgan fingerprint density at radius 2 is 1.95 bits per heavy atom. The largest absolute Gasteiger partial charge is 0.477 e. The fraction of sp³-hybridized carbons (Fsp3) is 0.267. The van der Waals surface area contributed by atoms with Crippen molar-refractivity contribution >= 4 is 29.2 Å². The number of thiophene rings is 1. The van der Waals surface area contributed by atoms with Gasteiger partial charge in [0.15, 0.2) is 0 Å². The maximum absolute atomic E-state index is 11.6. The van der Waals surface area contributed by atoms with Gasteiger partial charge in [0.05, 0.1) is 0 Å². The van der Waals surface area contributed by atoms with Crippen LogP contribution in [0.3, 0.4) is 0 Å². The highest BCUT2D eigenvalue weighted by molar-refractivity contribution is 7.17. The van der Waals surface area contributed by atoms with Gasteiger partial charge in [-0.1, -0.05) is 0 Å². The summed E-state index contributed by atoms with van der Waals surface area (Å²) in [4.78, 5) is 27.7. The minimum absolute atomic E-state index is 0.269. The topological polar surface area (TPSA) is 88.5 Å². The maximum atomic E-state index is 11.6. The van der Waals surface area contributed by atoms with Gasteiger partial charge in [0.2, 0.25) is 0 Å². The number of carboxylic acid groups (broad SMARTS) is 1. The molecule has 0 atom stereocenters. The van der Waals surface area contributed by atoms with Crippen molar-refractivity contribution in [3.63, 3.8) is 0 Å². The van der Waals surface area contributed by atoms with Gasteiger partial charge in [0.25, 0.3) is 0 Å². The number of carbonyl (C=O) groups is 2. The van der Waals surface area contributed by atoms with E-state index in [0.717, 1.165) is 10.4 Å². The van der Waals surface area contributed by atoms with Crippen LogP contribution in [0.4, 0.5) is 10.6 Å². The van der Waals surface area contributed by atoms with Crippen LogP contribution in [-0.2, 0) is 4.74 Å². The molecular weight excluding hydrogens is 304 g/mol. The molecule has 0 aliphatic rings. The summed E-state index contributed by atoms with van der Waals surface area (Å²) in [5.74, 6) is -0.583. The molecule has 0 saturated carbocycles. The van der Waals surface area contributed by atoms with Gasteiger partial charge in [-0.05, 0) is 45.0 Å². The Kier molecular flexibility index (Phi) is 4.46. The van der Waals surface area contributed by atoms with Gasteiger partial charge in [-0.3, -0.25) is 5.32 Å². The second kappa shape index (κ2) is 6.15. The van der Waals surface area contributed by atoms with Crippen LogP contribution < -0.4 is 5.32 Å². The third kappa shape index (κ3) is 4.29.